The van der Waals surface area contributed by atoms with Crippen molar-refractivity contribution in [2.75, 3.05) is 31.1 Å². The number of carbonyl (C=O) groups excluding carboxylic acids is 1. The quantitative estimate of drug-likeness (QED) is 0.361. The lowest BCUT2D eigenvalue weighted by Crippen LogP contribution is -2.52. The lowest BCUT2D eigenvalue weighted by molar-refractivity contribution is -0.383. The van der Waals surface area contributed by atoms with Crippen LogP contribution >= 0.6 is 11.3 Å². The van der Waals surface area contributed by atoms with Crippen molar-refractivity contribution in [1.29, 1.82) is 0 Å². The minimum absolute atomic E-state index is 0.0833. The third-order valence-electron chi connectivity index (χ3n) is 5.89. The number of hydrogen-bond acceptors (Lipinski definition) is 9. The number of nitro groups is 1. The van der Waals surface area contributed by atoms with Crippen molar-refractivity contribution < 1.29 is 27.6 Å². The van der Waals surface area contributed by atoms with E-state index in [2.05, 4.69) is 4.98 Å². The number of nitrogens with zero attached hydrogens (tertiary/aromatic N) is 4. The van der Waals surface area contributed by atoms with Gasteiger partial charge in [-0.2, -0.15) is 18.2 Å². The molecule has 1 aromatic heterocycles. The molecule has 2 fully saturated rings. The predicted octanol–water partition coefficient (Wildman–Crippen LogP) is 3.19. The van der Waals surface area contributed by atoms with Gasteiger partial charge in [-0.15, -0.1) is 0 Å². The van der Waals surface area contributed by atoms with Gasteiger partial charge in [-0.3, -0.25) is 24.6 Å². The number of alkyl halides is 3. The fourth-order valence-corrected chi connectivity index (χ4v) is 5.35. The van der Waals surface area contributed by atoms with Crippen LogP contribution in [-0.4, -0.2) is 59.1 Å². The number of halogens is 3. The molecule has 3 heterocycles. The molecule has 0 aliphatic carbocycles. The van der Waals surface area contributed by atoms with Gasteiger partial charge in [0.1, 0.15) is 16.8 Å². The van der Waals surface area contributed by atoms with Crippen molar-refractivity contribution in [3.05, 3.63) is 38.2 Å². The number of fused-ring (bicyclic) bond motifs is 1. The van der Waals surface area contributed by atoms with Crippen LogP contribution in [0.4, 0.5) is 24.0 Å². The molecule has 2 aliphatic rings. The molecule has 33 heavy (non-hydrogen) atoms. The highest BCUT2D eigenvalue weighted by Gasteiger charge is 2.39. The maximum Gasteiger partial charge on any atom is 0.416 e. The van der Waals surface area contributed by atoms with Gasteiger partial charge in [-0.05, 0) is 12.5 Å². The molecular weight excluding hydrogens is 465 g/mol. The second kappa shape index (κ2) is 8.86. The average molecular weight is 486 g/mol. The van der Waals surface area contributed by atoms with Gasteiger partial charge in [0.15, 0.2) is 5.13 Å². The second-order valence-corrected chi connectivity index (χ2v) is 9.03. The van der Waals surface area contributed by atoms with Gasteiger partial charge in [0.2, 0.25) is 0 Å². The number of rotatable bonds is 5. The minimum atomic E-state index is -4.83. The summed E-state index contributed by atoms with van der Waals surface area (Å²) in [5, 5.41) is 11.2. The SMILES string of the molecule is CCCC1CC(N2CCN(c3nc(=O)c4cc(C(F)(F)F)cc([N+](=O)[O-])c4s3)CC2)C(=O)O1. The summed E-state index contributed by atoms with van der Waals surface area (Å²) in [5.41, 5.74) is -2.99. The lowest BCUT2D eigenvalue weighted by atomic mass is 10.1. The van der Waals surface area contributed by atoms with Crippen molar-refractivity contribution in [3.63, 3.8) is 0 Å². The molecule has 2 atom stereocenters. The van der Waals surface area contributed by atoms with Crippen LogP contribution in [0.15, 0.2) is 16.9 Å². The first-order valence-corrected chi connectivity index (χ1v) is 11.3. The van der Waals surface area contributed by atoms with Crippen LogP contribution in [0.25, 0.3) is 10.1 Å². The monoisotopic (exact) mass is 486 g/mol. The van der Waals surface area contributed by atoms with Crippen LogP contribution in [0.2, 0.25) is 0 Å². The Morgan fingerprint density at radius 1 is 1.24 bits per heavy atom. The number of nitro benzene ring substituents is 1. The van der Waals surface area contributed by atoms with Crippen LogP contribution in [0.3, 0.4) is 0 Å². The van der Waals surface area contributed by atoms with E-state index < -0.39 is 33.3 Å². The van der Waals surface area contributed by atoms with Crippen molar-refractivity contribution in [2.24, 2.45) is 0 Å². The van der Waals surface area contributed by atoms with Gasteiger partial charge in [-0.25, -0.2) is 0 Å². The number of carbonyl (C=O) groups is 1. The molecule has 2 aliphatic heterocycles. The van der Waals surface area contributed by atoms with E-state index >= 15 is 0 Å². The van der Waals surface area contributed by atoms with E-state index in [1.807, 2.05) is 11.8 Å². The fourth-order valence-electron chi connectivity index (χ4n) is 4.23. The van der Waals surface area contributed by atoms with Crippen LogP contribution in [-0.2, 0) is 15.7 Å². The molecule has 0 bridgehead atoms. The average Bonchev–Trinajstić information content (AvgIpc) is 3.12. The highest BCUT2D eigenvalue weighted by molar-refractivity contribution is 7.22. The first-order valence-electron chi connectivity index (χ1n) is 10.5. The van der Waals surface area contributed by atoms with Crippen molar-refractivity contribution >= 4 is 38.2 Å². The number of piperazine rings is 1. The number of non-ortho nitro benzene ring substituents is 1. The van der Waals surface area contributed by atoms with E-state index in [0.29, 0.717) is 44.7 Å². The van der Waals surface area contributed by atoms with Gasteiger partial charge in [0, 0.05) is 38.7 Å². The van der Waals surface area contributed by atoms with E-state index in [4.69, 9.17) is 4.74 Å². The topological polar surface area (TPSA) is 106 Å². The van der Waals surface area contributed by atoms with Crippen LogP contribution in [0, 0.1) is 10.1 Å². The Hall–Kier alpha value is -2.80. The number of hydrogen-bond donors (Lipinski definition) is 0. The third kappa shape index (κ3) is 4.64. The van der Waals surface area contributed by atoms with E-state index in [-0.39, 0.29) is 27.9 Å². The van der Waals surface area contributed by atoms with E-state index in [1.54, 1.807) is 4.90 Å². The smallest absolute Gasteiger partial charge is 0.416 e. The fraction of sp³-hybridized carbons (Fsp3) is 0.550. The molecule has 178 valence electrons. The summed E-state index contributed by atoms with van der Waals surface area (Å²) < 4.78 is 44.7. The highest BCUT2D eigenvalue weighted by Crippen LogP contribution is 2.38. The largest absolute Gasteiger partial charge is 0.461 e. The summed E-state index contributed by atoms with van der Waals surface area (Å²) >= 11 is 0.819. The van der Waals surface area contributed by atoms with Crippen molar-refractivity contribution in [1.82, 2.24) is 9.88 Å². The zero-order valence-corrected chi connectivity index (χ0v) is 18.4. The number of aromatic nitrogens is 1. The Labute approximate surface area is 189 Å². The predicted molar refractivity (Wildman–Crippen MR) is 115 cm³/mol. The first kappa shape index (κ1) is 23.4. The molecule has 0 amide bonds. The number of cyclic esters (lactones) is 1. The summed E-state index contributed by atoms with van der Waals surface area (Å²) in [4.78, 5) is 42.9. The molecule has 0 saturated carbocycles. The normalized spacial score (nSPS) is 22.1. The zero-order valence-electron chi connectivity index (χ0n) is 17.6. The lowest BCUT2D eigenvalue weighted by Gasteiger charge is -2.36. The van der Waals surface area contributed by atoms with E-state index in [9.17, 15) is 32.9 Å². The molecule has 2 unspecified atom stereocenters. The van der Waals surface area contributed by atoms with Gasteiger partial charge in [0.25, 0.3) is 11.2 Å². The first-order chi connectivity index (χ1) is 15.6. The number of esters is 1. The molecule has 13 heteroatoms. The van der Waals surface area contributed by atoms with Crippen molar-refractivity contribution in [3.8, 4) is 0 Å². The Bertz CT molecular complexity index is 1150. The Kier molecular flexibility index (Phi) is 6.27. The Balaban J connectivity index is 1.58. The Morgan fingerprint density at radius 3 is 2.55 bits per heavy atom. The molecular formula is C20H21F3N4O5S. The summed E-state index contributed by atoms with van der Waals surface area (Å²) in [5.74, 6) is -0.244. The maximum atomic E-state index is 13.1. The van der Waals surface area contributed by atoms with Gasteiger partial charge in [-0.1, -0.05) is 24.7 Å². The summed E-state index contributed by atoms with van der Waals surface area (Å²) in [6.07, 6.45) is -2.56. The maximum absolute atomic E-state index is 13.1. The standard InChI is InChI=1S/C20H21F3N4O5S/c1-2-3-12-10-15(18(29)32-12)25-4-6-26(7-5-25)19-24-17(28)13-8-11(20(21,22)23)9-14(27(30)31)16(13)33-19/h8-9,12,15H,2-7,10H2,1H3. The third-order valence-corrected chi connectivity index (χ3v) is 7.06. The van der Waals surface area contributed by atoms with Crippen LogP contribution in [0.5, 0.6) is 0 Å². The molecule has 1 aromatic carbocycles. The van der Waals surface area contributed by atoms with Gasteiger partial charge >= 0.3 is 12.1 Å². The summed E-state index contributed by atoms with van der Waals surface area (Å²) in [7, 11) is 0. The van der Waals surface area contributed by atoms with Crippen molar-refractivity contribution in [2.45, 2.75) is 44.5 Å². The molecule has 4 rings (SSSR count). The summed E-state index contributed by atoms with van der Waals surface area (Å²) in [6, 6.07) is 0.723. The zero-order chi connectivity index (χ0) is 23.9. The molecule has 2 saturated heterocycles. The molecule has 0 radical (unpaired) electrons. The summed E-state index contributed by atoms with van der Waals surface area (Å²) in [6.45, 7) is 3.83. The second-order valence-electron chi connectivity index (χ2n) is 8.05. The van der Waals surface area contributed by atoms with E-state index in [1.165, 1.54) is 0 Å². The highest BCUT2D eigenvalue weighted by atomic mass is 32.1. The number of benzene rings is 1. The van der Waals surface area contributed by atoms with Gasteiger partial charge < -0.3 is 9.64 Å². The van der Waals surface area contributed by atoms with Crippen LogP contribution < -0.4 is 10.5 Å². The van der Waals surface area contributed by atoms with Gasteiger partial charge in [0.05, 0.1) is 15.9 Å². The Morgan fingerprint density at radius 2 is 1.94 bits per heavy atom. The molecule has 9 nitrogen and oxygen atoms in total. The van der Waals surface area contributed by atoms with Crippen LogP contribution in [0.1, 0.15) is 31.7 Å². The molecule has 2 aromatic rings. The van der Waals surface area contributed by atoms with E-state index in [0.717, 1.165) is 24.2 Å². The minimum Gasteiger partial charge on any atom is -0.461 e. The number of anilines is 1. The number of ether oxygens (including phenoxy) is 1. The molecule has 0 spiro atoms. The molecule has 0 N–H and O–H groups in total.